The molecule has 0 atom stereocenters. The highest BCUT2D eigenvalue weighted by Gasteiger charge is 2.17. The summed E-state index contributed by atoms with van der Waals surface area (Å²) in [5.41, 5.74) is 2.50. The first-order valence-corrected chi connectivity index (χ1v) is 7.74. The summed E-state index contributed by atoms with van der Waals surface area (Å²) in [6.45, 7) is 0.665. The predicted molar refractivity (Wildman–Crippen MR) is 84.4 cm³/mol. The lowest BCUT2D eigenvalue weighted by Gasteiger charge is -2.09. The van der Waals surface area contributed by atoms with Crippen molar-refractivity contribution in [3.8, 4) is 0 Å². The number of fused-ring (bicyclic) bond motifs is 1. The number of anilines is 1. The van der Waals surface area contributed by atoms with Gasteiger partial charge >= 0.3 is 0 Å². The molecule has 1 fully saturated rings. The first kappa shape index (κ1) is 13.2. The highest BCUT2D eigenvalue weighted by Crippen LogP contribution is 2.28. The van der Waals surface area contributed by atoms with Gasteiger partial charge in [0.15, 0.2) is 5.65 Å². The second-order valence-corrected chi connectivity index (χ2v) is 5.67. The fourth-order valence-electron chi connectivity index (χ4n) is 2.98. The van der Waals surface area contributed by atoms with E-state index in [1.165, 1.54) is 25.7 Å². The summed E-state index contributed by atoms with van der Waals surface area (Å²) >= 11 is 0. The van der Waals surface area contributed by atoms with E-state index in [-0.39, 0.29) is 0 Å². The van der Waals surface area contributed by atoms with Gasteiger partial charge in [-0.2, -0.15) is 5.10 Å². The second kappa shape index (κ2) is 5.71. The Balaban J connectivity index is 1.44. The molecule has 4 rings (SSSR count). The molecule has 3 aromatic heterocycles. The molecule has 0 spiro atoms. The molecule has 1 aliphatic rings. The van der Waals surface area contributed by atoms with Gasteiger partial charge in [-0.25, -0.2) is 9.97 Å². The first-order valence-electron chi connectivity index (χ1n) is 7.74. The Morgan fingerprint density at radius 3 is 2.86 bits per heavy atom. The van der Waals surface area contributed by atoms with Crippen LogP contribution in [0.3, 0.4) is 0 Å². The molecule has 22 heavy (non-hydrogen) atoms. The Morgan fingerprint density at radius 1 is 1.09 bits per heavy atom. The Bertz CT molecular complexity index is 775. The van der Waals surface area contributed by atoms with Crippen LogP contribution in [0.2, 0.25) is 0 Å². The molecule has 3 heterocycles. The van der Waals surface area contributed by atoms with Gasteiger partial charge in [-0.1, -0.05) is 12.8 Å². The average molecular weight is 294 g/mol. The highest BCUT2D eigenvalue weighted by molar-refractivity contribution is 5.71. The van der Waals surface area contributed by atoms with Gasteiger partial charge in [-0.05, 0) is 31.0 Å². The lowest BCUT2D eigenvalue weighted by atomic mass is 10.3. The molecule has 6 heteroatoms. The van der Waals surface area contributed by atoms with Gasteiger partial charge in [0.1, 0.15) is 11.3 Å². The van der Waals surface area contributed by atoms with Crippen molar-refractivity contribution in [2.45, 2.75) is 38.3 Å². The third-order valence-electron chi connectivity index (χ3n) is 4.14. The summed E-state index contributed by atoms with van der Waals surface area (Å²) in [7, 11) is 0. The molecule has 1 aliphatic carbocycles. The van der Waals surface area contributed by atoms with Gasteiger partial charge in [0, 0.05) is 18.6 Å². The van der Waals surface area contributed by atoms with E-state index in [4.69, 9.17) is 0 Å². The summed E-state index contributed by atoms with van der Waals surface area (Å²) in [6.07, 6.45) is 10.6. The summed E-state index contributed by atoms with van der Waals surface area (Å²) < 4.78 is 2.11. The monoisotopic (exact) mass is 294 g/mol. The van der Waals surface area contributed by atoms with Gasteiger partial charge in [-0.15, -0.1) is 0 Å². The van der Waals surface area contributed by atoms with E-state index in [1.807, 2.05) is 12.1 Å². The van der Waals surface area contributed by atoms with Crippen LogP contribution >= 0.6 is 0 Å². The van der Waals surface area contributed by atoms with Gasteiger partial charge in [0.2, 0.25) is 0 Å². The second-order valence-electron chi connectivity index (χ2n) is 5.67. The van der Waals surface area contributed by atoms with E-state index in [0.29, 0.717) is 18.2 Å². The van der Waals surface area contributed by atoms with E-state index in [9.17, 15) is 0 Å². The van der Waals surface area contributed by atoms with Gasteiger partial charge in [0.05, 0.1) is 18.3 Å². The molecule has 0 bridgehead atoms. The molecule has 112 valence electrons. The number of aromatic nitrogens is 5. The minimum atomic E-state index is 0.586. The Labute approximate surface area is 128 Å². The molecule has 0 saturated heterocycles. The van der Waals surface area contributed by atoms with Crippen molar-refractivity contribution in [1.29, 1.82) is 0 Å². The third-order valence-corrected chi connectivity index (χ3v) is 4.14. The van der Waals surface area contributed by atoms with Crippen molar-refractivity contribution in [2.24, 2.45) is 0 Å². The molecule has 0 amide bonds. The van der Waals surface area contributed by atoms with Crippen LogP contribution in [0.25, 0.3) is 11.2 Å². The Kier molecular flexibility index (Phi) is 3.42. The topological polar surface area (TPSA) is 68.5 Å². The van der Waals surface area contributed by atoms with E-state index in [0.717, 1.165) is 17.0 Å². The zero-order chi connectivity index (χ0) is 14.8. The average Bonchev–Trinajstić information content (AvgIpc) is 3.24. The minimum absolute atomic E-state index is 0.586. The lowest BCUT2D eigenvalue weighted by Crippen LogP contribution is -2.07. The van der Waals surface area contributed by atoms with Gasteiger partial charge in [0.25, 0.3) is 0 Å². The predicted octanol–water partition coefficient (Wildman–Crippen LogP) is 2.95. The maximum Gasteiger partial charge on any atom is 0.180 e. The molecule has 3 aromatic rings. The fraction of sp³-hybridized carbons (Fsp3) is 0.375. The SMILES string of the molecule is c1cnc2nc(NCc3ccn(C4CCCC4)n3)ccc2n1. The molecule has 6 nitrogen and oxygen atoms in total. The van der Waals surface area contributed by atoms with Crippen molar-refractivity contribution < 1.29 is 0 Å². The third kappa shape index (κ3) is 2.64. The molecule has 1 saturated carbocycles. The molecule has 0 radical (unpaired) electrons. The minimum Gasteiger partial charge on any atom is -0.364 e. The van der Waals surface area contributed by atoms with Crippen LogP contribution in [0, 0.1) is 0 Å². The van der Waals surface area contributed by atoms with Gasteiger partial charge < -0.3 is 5.32 Å². The number of nitrogens with zero attached hydrogens (tertiary/aromatic N) is 5. The summed E-state index contributed by atoms with van der Waals surface area (Å²) in [4.78, 5) is 12.9. The molecule has 0 unspecified atom stereocenters. The van der Waals surface area contributed by atoms with Crippen molar-refractivity contribution >= 4 is 17.0 Å². The van der Waals surface area contributed by atoms with Crippen molar-refractivity contribution in [2.75, 3.05) is 5.32 Å². The Hall–Kier alpha value is -2.50. The zero-order valence-electron chi connectivity index (χ0n) is 12.3. The van der Waals surface area contributed by atoms with Crippen LogP contribution in [-0.2, 0) is 6.54 Å². The quantitative estimate of drug-likeness (QED) is 0.801. The van der Waals surface area contributed by atoms with Crippen molar-refractivity contribution in [3.05, 3.63) is 42.5 Å². The molecule has 0 aliphatic heterocycles. The number of hydrogen-bond donors (Lipinski definition) is 1. The number of nitrogens with one attached hydrogen (secondary N) is 1. The normalized spacial score (nSPS) is 15.5. The van der Waals surface area contributed by atoms with E-state index in [1.54, 1.807) is 12.4 Å². The summed E-state index contributed by atoms with van der Waals surface area (Å²) in [5.74, 6) is 0.795. The fourth-order valence-corrected chi connectivity index (χ4v) is 2.98. The first-order chi connectivity index (χ1) is 10.9. The van der Waals surface area contributed by atoms with Crippen LogP contribution in [-0.4, -0.2) is 24.7 Å². The summed E-state index contributed by atoms with van der Waals surface area (Å²) in [6, 6.07) is 6.51. The highest BCUT2D eigenvalue weighted by atomic mass is 15.3. The maximum atomic E-state index is 4.67. The summed E-state index contributed by atoms with van der Waals surface area (Å²) in [5, 5.41) is 7.97. The molecular formula is C16H18N6. The molecule has 1 N–H and O–H groups in total. The van der Waals surface area contributed by atoms with Crippen molar-refractivity contribution in [1.82, 2.24) is 24.7 Å². The van der Waals surface area contributed by atoms with Crippen LogP contribution in [0.1, 0.15) is 37.4 Å². The molecule has 0 aromatic carbocycles. The van der Waals surface area contributed by atoms with E-state index < -0.39 is 0 Å². The largest absolute Gasteiger partial charge is 0.364 e. The van der Waals surface area contributed by atoms with E-state index >= 15 is 0 Å². The number of hydrogen-bond acceptors (Lipinski definition) is 5. The van der Waals surface area contributed by atoms with Gasteiger partial charge in [-0.3, -0.25) is 9.67 Å². The number of rotatable bonds is 4. The van der Waals surface area contributed by atoms with Crippen LogP contribution in [0.5, 0.6) is 0 Å². The van der Waals surface area contributed by atoms with Crippen LogP contribution < -0.4 is 5.32 Å². The standard InChI is InChI=1S/C16H18N6/c1-2-4-13(3-1)22-10-7-12(21-22)11-19-15-6-5-14-16(20-15)18-9-8-17-14/h5-10,13H,1-4,11H2,(H,18,19,20). The smallest absolute Gasteiger partial charge is 0.180 e. The van der Waals surface area contributed by atoms with Crippen LogP contribution in [0.15, 0.2) is 36.8 Å². The van der Waals surface area contributed by atoms with Crippen LogP contribution in [0.4, 0.5) is 5.82 Å². The zero-order valence-corrected chi connectivity index (χ0v) is 12.3. The molecular weight excluding hydrogens is 276 g/mol. The number of pyridine rings is 1. The lowest BCUT2D eigenvalue weighted by molar-refractivity contribution is 0.463. The maximum absolute atomic E-state index is 4.67. The Morgan fingerprint density at radius 2 is 1.95 bits per heavy atom. The van der Waals surface area contributed by atoms with E-state index in [2.05, 4.69) is 42.3 Å². The van der Waals surface area contributed by atoms with Crippen molar-refractivity contribution in [3.63, 3.8) is 0 Å².